The van der Waals surface area contributed by atoms with Crippen LogP contribution in [0.1, 0.15) is 37.4 Å². The Morgan fingerprint density at radius 3 is 2.86 bits per heavy atom. The first-order chi connectivity index (χ1) is 9.92. The van der Waals surface area contributed by atoms with E-state index in [4.69, 9.17) is 0 Å². The first-order valence-electron chi connectivity index (χ1n) is 8.04. The maximum absolute atomic E-state index is 10.7. The van der Waals surface area contributed by atoms with Gasteiger partial charge in [0.25, 0.3) is 0 Å². The van der Waals surface area contributed by atoms with Gasteiger partial charge >= 0.3 is 0 Å². The summed E-state index contributed by atoms with van der Waals surface area (Å²) in [5.74, 6) is 0. The molecule has 1 N–H and O–H groups in total. The molecule has 0 amide bonds. The fraction of sp³-hybridized carbons (Fsp3) is 0.812. The number of hydrogen-bond donors (Lipinski definition) is 1. The molecule has 0 unspecified atom stereocenters. The first kappa shape index (κ1) is 16.5. The summed E-state index contributed by atoms with van der Waals surface area (Å²) in [6.07, 6.45) is 5.23. The molecule has 0 spiro atoms. The molecule has 0 aromatic carbocycles. The van der Waals surface area contributed by atoms with Gasteiger partial charge in [-0.1, -0.05) is 6.92 Å². The molecule has 0 aliphatic carbocycles. The molecular formula is C16H30N4O. The summed E-state index contributed by atoms with van der Waals surface area (Å²) in [5.41, 5.74) is 1.83. The molecule has 2 heterocycles. The molecule has 1 aliphatic rings. The van der Waals surface area contributed by atoms with Crippen molar-refractivity contribution >= 4 is 0 Å². The SMILES string of the molecule is CCCn1cc(CN2CCC[C@@](O)(CN(C)C)C2)c(C)n1. The highest BCUT2D eigenvalue weighted by molar-refractivity contribution is 5.15. The van der Waals surface area contributed by atoms with Crippen LogP contribution >= 0.6 is 0 Å². The fourth-order valence-electron chi connectivity index (χ4n) is 3.36. The molecule has 0 saturated carbocycles. The van der Waals surface area contributed by atoms with Crippen molar-refractivity contribution in [2.45, 2.75) is 51.8 Å². The number of aromatic nitrogens is 2. The molecule has 1 fully saturated rings. The lowest BCUT2D eigenvalue weighted by atomic mass is 9.92. The van der Waals surface area contributed by atoms with Crippen molar-refractivity contribution in [2.75, 3.05) is 33.7 Å². The predicted molar refractivity (Wildman–Crippen MR) is 85.3 cm³/mol. The lowest BCUT2D eigenvalue weighted by molar-refractivity contribution is -0.0480. The van der Waals surface area contributed by atoms with Crippen LogP contribution in [0.5, 0.6) is 0 Å². The van der Waals surface area contributed by atoms with Crippen LogP contribution in [-0.4, -0.2) is 64.0 Å². The monoisotopic (exact) mass is 294 g/mol. The highest BCUT2D eigenvalue weighted by Crippen LogP contribution is 2.23. The zero-order valence-corrected chi connectivity index (χ0v) is 14.0. The molecular weight excluding hydrogens is 264 g/mol. The van der Waals surface area contributed by atoms with Crippen molar-refractivity contribution < 1.29 is 5.11 Å². The summed E-state index contributed by atoms with van der Waals surface area (Å²) >= 11 is 0. The molecule has 1 aromatic heterocycles. The number of aryl methyl sites for hydroxylation is 2. The summed E-state index contributed by atoms with van der Waals surface area (Å²) in [6.45, 7) is 8.67. The van der Waals surface area contributed by atoms with E-state index in [0.29, 0.717) is 0 Å². The van der Waals surface area contributed by atoms with Crippen LogP contribution in [0, 0.1) is 6.92 Å². The van der Waals surface area contributed by atoms with Crippen molar-refractivity contribution in [3.8, 4) is 0 Å². The second-order valence-corrected chi connectivity index (χ2v) is 6.78. The molecule has 0 bridgehead atoms. The number of likely N-dealkylation sites (tertiary alicyclic amines) is 1. The van der Waals surface area contributed by atoms with Crippen molar-refractivity contribution in [1.82, 2.24) is 19.6 Å². The van der Waals surface area contributed by atoms with Gasteiger partial charge in [0.15, 0.2) is 0 Å². The normalized spacial score (nSPS) is 23.9. The molecule has 5 nitrogen and oxygen atoms in total. The van der Waals surface area contributed by atoms with E-state index in [1.807, 2.05) is 18.8 Å². The molecule has 1 saturated heterocycles. The number of aliphatic hydroxyl groups is 1. The van der Waals surface area contributed by atoms with E-state index >= 15 is 0 Å². The Kier molecular flexibility index (Phi) is 5.41. The second kappa shape index (κ2) is 6.90. The number of nitrogens with zero attached hydrogens (tertiary/aromatic N) is 4. The minimum Gasteiger partial charge on any atom is -0.387 e. The molecule has 5 heteroatoms. The van der Waals surface area contributed by atoms with E-state index in [-0.39, 0.29) is 0 Å². The van der Waals surface area contributed by atoms with Gasteiger partial charge in [-0.3, -0.25) is 9.58 Å². The van der Waals surface area contributed by atoms with E-state index in [0.717, 1.165) is 57.7 Å². The van der Waals surface area contributed by atoms with Crippen LogP contribution in [-0.2, 0) is 13.1 Å². The third kappa shape index (κ3) is 4.53. The van der Waals surface area contributed by atoms with Gasteiger partial charge in [-0.2, -0.15) is 5.10 Å². The highest BCUT2D eigenvalue weighted by Gasteiger charge is 2.33. The Hall–Kier alpha value is -0.910. The van der Waals surface area contributed by atoms with Gasteiger partial charge in [0, 0.05) is 37.9 Å². The van der Waals surface area contributed by atoms with Crippen molar-refractivity contribution in [2.24, 2.45) is 0 Å². The van der Waals surface area contributed by atoms with Crippen LogP contribution in [0.4, 0.5) is 0 Å². The van der Waals surface area contributed by atoms with Gasteiger partial charge in [-0.15, -0.1) is 0 Å². The Bertz CT molecular complexity index is 457. The number of likely N-dealkylation sites (N-methyl/N-ethyl adjacent to an activating group) is 1. The molecule has 21 heavy (non-hydrogen) atoms. The lowest BCUT2D eigenvalue weighted by Gasteiger charge is -2.40. The second-order valence-electron chi connectivity index (χ2n) is 6.78. The molecule has 120 valence electrons. The van der Waals surface area contributed by atoms with Gasteiger partial charge in [-0.05, 0) is 46.8 Å². The smallest absolute Gasteiger partial charge is 0.0900 e. The Balaban J connectivity index is 1.99. The lowest BCUT2D eigenvalue weighted by Crippen LogP contribution is -2.52. The van der Waals surface area contributed by atoms with Gasteiger partial charge in [0.05, 0.1) is 11.3 Å². The predicted octanol–water partition coefficient (Wildman–Crippen LogP) is 1.49. The summed E-state index contributed by atoms with van der Waals surface area (Å²) in [5, 5.41) is 15.3. The van der Waals surface area contributed by atoms with Gasteiger partial charge in [-0.25, -0.2) is 0 Å². The number of piperidine rings is 1. The summed E-state index contributed by atoms with van der Waals surface area (Å²) < 4.78 is 2.04. The van der Waals surface area contributed by atoms with Crippen molar-refractivity contribution in [3.05, 3.63) is 17.5 Å². The Morgan fingerprint density at radius 1 is 1.43 bits per heavy atom. The number of hydrogen-bond acceptors (Lipinski definition) is 4. The van der Waals surface area contributed by atoms with Gasteiger partial charge in [0.2, 0.25) is 0 Å². The van der Waals surface area contributed by atoms with Crippen molar-refractivity contribution in [1.29, 1.82) is 0 Å². The topological polar surface area (TPSA) is 44.5 Å². The van der Waals surface area contributed by atoms with Crippen LogP contribution in [0.15, 0.2) is 6.20 Å². The van der Waals surface area contributed by atoms with Crippen LogP contribution in [0.3, 0.4) is 0 Å². The standard InChI is InChI=1S/C16H30N4O/c1-5-8-20-11-15(14(2)17-20)10-19-9-6-7-16(21,13-19)12-18(3)4/h11,21H,5-10,12-13H2,1-4H3/t16-/m1/s1. The molecule has 1 atom stereocenters. The molecule has 1 aromatic rings. The number of β-amino-alcohol motifs (C(OH)–C–C–N with tert-alkyl or cyclic N) is 1. The molecule has 2 rings (SSSR count). The van der Waals surface area contributed by atoms with Crippen LogP contribution in [0.2, 0.25) is 0 Å². The van der Waals surface area contributed by atoms with Gasteiger partial charge in [0.1, 0.15) is 0 Å². The van der Waals surface area contributed by atoms with E-state index in [1.54, 1.807) is 0 Å². The maximum Gasteiger partial charge on any atom is 0.0900 e. The quantitative estimate of drug-likeness (QED) is 0.863. The van der Waals surface area contributed by atoms with E-state index in [2.05, 4.69) is 34.9 Å². The first-order valence-corrected chi connectivity index (χ1v) is 8.04. The molecule has 0 radical (unpaired) electrons. The minimum atomic E-state index is -0.574. The summed E-state index contributed by atoms with van der Waals surface area (Å²) in [7, 11) is 4.05. The van der Waals surface area contributed by atoms with Crippen molar-refractivity contribution in [3.63, 3.8) is 0 Å². The summed E-state index contributed by atoms with van der Waals surface area (Å²) in [4.78, 5) is 4.45. The molecule has 1 aliphatic heterocycles. The zero-order chi connectivity index (χ0) is 15.5. The largest absolute Gasteiger partial charge is 0.387 e. The summed E-state index contributed by atoms with van der Waals surface area (Å²) in [6, 6.07) is 0. The average Bonchev–Trinajstić information content (AvgIpc) is 2.68. The Labute approximate surface area is 128 Å². The van der Waals surface area contributed by atoms with Crippen LogP contribution in [0.25, 0.3) is 0 Å². The Morgan fingerprint density at radius 2 is 2.19 bits per heavy atom. The van der Waals surface area contributed by atoms with Crippen LogP contribution < -0.4 is 0 Å². The third-order valence-electron chi connectivity index (χ3n) is 4.14. The van der Waals surface area contributed by atoms with Gasteiger partial charge < -0.3 is 10.0 Å². The minimum absolute atomic E-state index is 0.574. The highest BCUT2D eigenvalue weighted by atomic mass is 16.3. The average molecular weight is 294 g/mol. The fourth-order valence-corrected chi connectivity index (χ4v) is 3.36. The van der Waals surface area contributed by atoms with E-state index in [1.165, 1.54) is 5.56 Å². The zero-order valence-electron chi connectivity index (χ0n) is 14.0. The number of rotatable bonds is 6. The van der Waals surface area contributed by atoms with E-state index in [9.17, 15) is 5.11 Å². The third-order valence-corrected chi connectivity index (χ3v) is 4.14. The maximum atomic E-state index is 10.7. The van der Waals surface area contributed by atoms with E-state index < -0.39 is 5.60 Å².